The number of ketones is 1. The van der Waals surface area contributed by atoms with Gasteiger partial charge in [0.15, 0.2) is 5.76 Å². The van der Waals surface area contributed by atoms with Crippen LogP contribution in [-0.2, 0) is 11.3 Å². The first-order valence-corrected chi connectivity index (χ1v) is 10.1. The second-order valence-corrected chi connectivity index (χ2v) is 8.10. The van der Waals surface area contributed by atoms with Crippen LogP contribution in [0.5, 0.6) is 0 Å². The molecule has 0 aliphatic rings. The average Bonchev–Trinajstić information content (AvgIpc) is 3.28. The van der Waals surface area contributed by atoms with E-state index in [4.69, 9.17) is 16.0 Å². The molecular weight excluding hydrogens is 412 g/mol. The zero-order chi connectivity index (χ0) is 21.0. The van der Waals surface area contributed by atoms with Gasteiger partial charge in [0.1, 0.15) is 11.2 Å². The number of carbonyl (C=O) groups excluding carboxylic acids is 2. The minimum Gasteiger partial charge on any atom is -0.461 e. The number of thiazole rings is 1. The van der Waals surface area contributed by atoms with Crippen molar-refractivity contribution >= 4 is 46.8 Å². The van der Waals surface area contributed by atoms with Crippen LogP contribution in [0, 0.1) is 0 Å². The van der Waals surface area contributed by atoms with Gasteiger partial charge in [-0.2, -0.15) is 0 Å². The fourth-order valence-corrected chi connectivity index (χ4v) is 3.78. The lowest BCUT2D eigenvalue weighted by molar-refractivity contribution is -0.122. The van der Waals surface area contributed by atoms with E-state index in [9.17, 15) is 14.4 Å². The predicted octanol–water partition coefficient (Wildman–Crippen LogP) is 2.17. The summed E-state index contributed by atoms with van der Waals surface area (Å²) in [5.74, 6) is -0.530. The predicted molar refractivity (Wildman–Crippen MR) is 114 cm³/mol. The van der Waals surface area contributed by atoms with Crippen molar-refractivity contribution in [1.29, 1.82) is 0 Å². The number of rotatable bonds is 6. The van der Waals surface area contributed by atoms with E-state index in [-0.39, 0.29) is 35.6 Å². The summed E-state index contributed by atoms with van der Waals surface area (Å²) in [5, 5.41) is 3.35. The van der Waals surface area contributed by atoms with Crippen molar-refractivity contribution in [3.8, 4) is 0 Å². The highest BCUT2D eigenvalue weighted by atomic mass is 35.5. The van der Waals surface area contributed by atoms with Crippen LogP contribution in [0.15, 0.2) is 51.9 Å². The molecule has 1 amide bonds. The fourth-order valence-electron chi connectivity index (χ4n) is 2.62. The molecule has 6 nitrogen and oxygen atoms in total. The highest BCUT2D eigenvalue weighted by Gasteiger charge is 2.13. The number of halogens is 1. The number of carbonyl (C=O) groups is 2. The lowest BCUT2D eigenvalue weighted by atomic mass is 10.2. The van der Waals surface area contributed by atoms with Crippen LogP contribution in [0.4, 0.5) is 0 Å². The van der Waals surface area contributed by atoms with Crippen LogP contribution < -0.4 is 20.1 Å². The maximum Gasteiger partial charge on any atom is 0.269 e. The highest BCUT2D eigenvalue weighted by Crippen LogP contribution is 2.09. The number of benzene rings is 1. The standard InChI is InChI=1S/C21H19ClN2O4S/c1-13(2)23-19(26)12-24-20(11-16(25)17-4-3-9-28-17)29-18(21(24)27)10-14-5-7-15(22)8-6-14/h3-11,13H,12H2,1-2H3,(H,23,26)/b18-10+,20-11-. The van der Waals surface area contributed by atoms with Gasteiger partial charge in [-0.3, -0.25) is 19.0 Å². The van der Waals surface area contributed by atoms with E-state index in [2.05, 4.69) is 5.32 Å². The Labute approximate surface area is 175 Å². The Kier molecular flexibility index (Phi) is 6.51. The molecule has 0 aliphatic carbocycles. The molecule has 0 unspecified atom stereocenters. The number of aromatic nitrogens is 1. The number of nitrogens with one attached hydrogen (secondary N) is 1. The summed E-state index contributed by atoms with van der Waals surface area (Å²) in [7, 11) is 0. The first-order chi connectivity index (χ1) is 13.8. The Morgan fingerprint density at radius 3 is 2.59 bits per heavy atom. The Morgan fingerprint density at radius 2 is 1.97 bits per heavy atom. The molecule has 1 aromatic carbocycles. The summed E-state index contributed by atoms with van der Waals surface area (Å²) in [4.78, 5) is 37.6. The Hall–Kier alpha value is -2.90. The van der Waals surface area contributed by atoms with E-state index in [0.29, 0.717) is 14.2 Å². The van der Waals surface area contributed by atoms with Crippen molar-refractivity contribution in [2.45, 2.75) is 26.4 Å². The van der Waals surface area contributed by atoms with Crippen molar-refractivity contribution in [2.24, 2.45) is 0 Å². The first kappa shape index (κ1) is 20.8. The minimum atomic E-state index is -0.382. The van der Waals surface area contributed by atoms with Gasteiger partial charge in [-0.05, 0) is 49.8 Å². The summed E-state index contributed by atoms with van der Waals surface area (Å²) in [5.41, 5.74) is 0.442. The Morgan fingerprint density at radius 1 is 1.24 bits per heavy atom. The first-order valence-electron chi connectivity index (χ1n) is 8.89. The molecule has 29 heavy (non-hydrogen) atoms. The number of Topliss-reactive ketones (excluding diaryl/α,β-unsaturated/α-hetero) is 1. The summed E-state index contributed by atoms with van der Waals surface area (Å²) in [6.07, 6.45) is 4.42. The molecule has 1 N–H and O–H groups in total. The third kappa shape index (κ3) is 5.34. The van der Waals surface area contributed by atoms with E-state index in [1.54, 1.807) is 42.5 Å². The normalized spacial score (nSPS) is 12.6. The van der Waals surface area contributed by atoms with Crippen LogP contribution in [0.25, 0.3) is 12.2 Å². The molecule has 0 atom stereocenters. The number of hydrogen-bond acceptors (Lipinski definition) is 5. The molecule has 0 saturated carbocycles. The molecule has 0 bridgehead atoms. The molecule has 0 radical (unpaired) electrons. The average molecular weight is 431 g/mol. The molecule has 0 spiro atoms. The number of nitrogens with zero attached hydrogens (tertiary/aromatic N) is 1. The van der Waals surface area contributed by atoms with Crippen LogP contribution in [-0.4, -0.2) is 22.3 Å². The third-order valence-corrected chi connectivity index (χ3v) is 5.19. The Balaban J connectivity index is 2.09. The van der Waals surface area contributed by atoms with E-state index in [1.165, 1.54) is 16.9 Å². The van der Waals surface area contributed by atoms with Gasteiger partial charge >= 0.3 is 0 Å². The number of hydrogen-bond donors (Lipinski definition) is 1. The molecule has 3 rings (SSSR count). The van der Waals surface area contributed by atoms with Gasteiger partial charge in [0.2, 0.25) is 11.7 Å². The molecule has 0 fully saturated rings. The largest absolute Gasteiger partial charge is 0.461 e. The smallest absolute Gasteiger partial charge is 0.269 e. The van der Waals surface area contributed by atoms with E-state index < -0.39 is 0 Å². The SMILES string of the molecule is CC(C)NC(=O)Cn1c(=O)/c(=C\c2ccc(Cl)cc2)s/c1=C\C(=O)c1ccco1. The van der Waals surface area contributed by atoms with E-state index in [1.807, 2.05) is 13.8 Å². The monoisotopic (exact) mass is 430 g/mol. The summed E-state index contributed by atoms with van der Waals surface area (Å²) < 4.78 is 7.20. The number of furan rings is 1. The van der Waals surface area contributed by atoms with E-state index in [0.717, 1.165) is 16.9 Å². The topological polar surface area (TPSA) is 81.3 Å². The van der Waals surface area contributed by atoms with Crippen LogP contribution in [0.3, 0.4) is 0 Å². The maximum atomic E-state index is 12.9. The van der Waals surface area contributed by atoms with Crippen molar-refractivity contribution in [3.63, 3.8) is 0 Å². The van der Waals surface area contributed by atoms with Gasteiger partial charge in [-0.1, -0.05) is 23.7 Å². The molecule has 2 aromatic heterocycles. The lowest BCUT2D eigenvalue weighted by Crippen LogP contribution is -2.40. The molecule has 0 aliphatic heterocycles. The molecule has 0 saturated heterocycles. The van der Waals surface area contributed by atoms with Crippen LogP contribution >= 0.6 is 22.9 Å². The van der Waals surface area contributed by atoms with Gasteiger partial charge in [0, 0.05) is 17.1 Å². The second-order valence-electron chi connectivity index (χ2n) is 6.60. The third-order valence-electron chi connectivity index (χ3n) is 3.87. The van der Waals surface area contributed by atoms with Gasteiger partial charge in [-0.15, -0.1) is 11.3 Å². The Bertz CT molecular complexity index is 1190. The fraction of sp³-hybridized carbons (Fsp3) is 0.190. The van der Waals surface area contributed by atoms with Gasteiger partial charge in [0.05, 0.1) is 10.8 Å². The molecule has 3 aromatic rings. The van der Waals surface area contributed by atoms with Crippen molar-refractivity contribution < 1.29 is 14.0 Å². The molecule has 8 heteroatoms. The van der Waals surface area contributed by atoms with Crippen LogP contribution in [0.1, 0.15) is 30.0 Å². The maximum absolute atomic E-state index is 12.9. The van der Waals surface area contributed by atoms with Gasteiger partial charge in [0.25, 0.3) is 5.56 Å². The second kappa shape index (κ2) is 9.07. The van der Waals surface area contributed by atoms with Crippen molar-refractivity contribution in [2.75, 3.05) is 0 Å². The summed E-state index contributed by atoms with van der Waals surface area (Å²) in [6, 6.07) is 10.1. The zero-order valence-corrected chi connectivity index (χ0v) is 17.4. The number of amides is 1. The molecule has 2 heterocycles. The van der Waals surface area contributed by atoms with E-state index >= 15 is 0 Å². The highest BCUT2D eigenvalue weighted by molar-refractivity contribution is 7.07. The lowest BCUT2D eigenvalue weighted by Gasteiger charge is -2.08. The quantitative estimate of drug-likeness (QED) is 0.608. The minimum absolute atomic E-state index is 0.0610. The summed E-state index contributed by atoms with van der Waals surface area (Å²) >= 11 is 7.04. The van der Waals surface area contributed by atoms with Crippen molar-refractivity contribution in [1.82, 2.24) is 9.88 Å². The zero-order valence-electron chi connectivity index (χ0n) is 15.8. The van der Waals surface area contributed by atoms with Crippen LogP contribution in [0.2, 0.25) is 5.02 Å². The van der Waals surface area contributed by atoms with Crippen molar-refractivity contribution in [3.05, 3.63) is 78.6 Å². The van der Waals surface area contributed by atoms with Gasteiger partial charge < -0.3 is 9.73 Å². The molecular formula is C21H19ClN2O4S. The van der Waals surface area contributed by atoms with Gasteiger partial charge in [-0.25, -0.2) is 0 Å². The molecule has 150 valence electrons. The summed E-state index contributed by atoms with van der Waals surface area (Å²) in [6.45, 7) is 3.49.